The zero-order valence-corrected chi connectivity index (χ0v) is 20.4. The Hall–Kier alpha value is -4.19. The minimum atomic E-state index is -2.95. The van der Waals surface area contributed by atoms with Crippen molar-refractivity contribution in [2.45, 2.75) is 18.9 Å². The average molecular weight is 529 g/mol. The van der Waals surface area contributed by atoms with Gasteiger partial charge in [-0.3, -0.25) is 9.36 Å². The second-order valence-corrected chi connectivity index (χ2v) is 8.90. The van der Waals surface area contributed by atoms with Crippen LogP contribution in [0.25, 0.3) is 22.4 Å². The highest BCUT2D eigenvalue weighted by Gasteiger charge is 2.27. The van der Waals surface area contributed by atoms with Crippen molar-refractivity contribution in [3.05, 3.63) is 94.3 Å². The first-order chi connectivity index (χ1) is 17.7. The molecule has 5 aromatic rings. The molecule has 0 saturated carbocycles. The molecule has 0 fully saturated rings. The van der Waals surface area contributed by atoms with Crippen LogP contribution in [0.1, 0.15) is 29.3 Å². The lowest BCUT2D eigenvalue weighted by Gasteiger charge is -2.18. The molecule has 9 nitrogen and oxygen atoms in total. The van der Waals surface area contributed by atoms with E-state index in [1.165, 1.54) is 12.1 Å². The van der Waals surface area contributed by atoms with E-state index in [1.54, 1.807) is 52.9 Å². The van der Waals surface area contributed by atoms with Crippen LogP contribution < -0.4 is 4.73 Å². The van der Waals surface area contributed by atoms with Crippen LogP contribution in [-0.2, 0) is 20.5 Å². The number of hydrogen-bond donors (Lipinski definition) is 0. The first kappa shape index (κ1) is 24.5. The Morgan fingerprint density at radius 3 is 2.49 bits per heavy atom. The molecule has 1 atom stereocenters. The van der Waals surface area contributed by atoms with Gasteiger partial charge in [0.2, 0.25) is 5.69 Å². The fourth-order valence-electron chi connectivity index (χ4n) is 4.27. The largest absolute Gasteiger partial charge is 0.618 e. The standard InChI is InChI=1S/C24H20ClF3N8O/c1-33-11-14(8-30-33)7-20(35-12-16(9-31-35)21-10-29-32-34(21)2)19-6-3-15(13-36(19)37)22-17(24(27)28)4-5-18(25)23(22)26/h3-6,8-13,20,24H,7H2,1-2H3/t20-/m1/s1. The van der Waals surface area contributed by atoms with Crippen molar-refractivity contribution < 1.29 is 17.9 Å². The second-order valence-electron chi connectivity index (χ2n) is 8.49. The zero-order chi connectivity index (χ0) is 26.3. The molecule has 13 heteroatoms. The van der Waals surface area contributed by atoms with Crippen molar-refractivity contribution in [2.75, 3.05) is 0 Å². The third kappa shape index (κ3) is 4.67. The van der Waals surface area contributed by atoms with Crippen LogP contribution in [-0.4, -0.2) is 34.6 Å². The van der Waals surface area contributed by atoms with Gasteiger partial charge in [0.25, 0.3) is 6.43 Å². The summed E-state index contributed by atoms with van der Waals surface area (Å²) in [6.07, 6.45) is 6.97. The van der Waals surface area contributed by atoms with Gasteiger partial charge in [-0.2, -0.15) is 14.9 Å². The van der Waals surface area contributed by atoms with Crippen molar-refractivity contribution in [2.24, 2.45) is 14.1 Å². The second kappa shape index (κ2) is 9.69. The molecule has 0 amide bonds. The smallest absolute Gasteiger partial charge is 0.264 e. The minimum absolute atomic E-state index is 0.0173. The van der Waals surface area contributed by atoms with Gasteiger partial charge >= 0.3 is 0 Å². The number of aromatic nitrogens is 8. The fourth-order valence-corrected chi connectivity index (χ4v) is 4.42. The molecule has 5 rings (SSSR count). The molecule has 0 aliphatic rings. The summed E-state index contributed by atoms with van der Waals surface area (Å²) in [5, 5.41) is 29.4. The van der Waals surface area contributed by atoms with Gasteiger partial charge < -0.3 is 5.21 Å². The maximum Gasteiger partial charge on any atom is 0.264 e. The van der Waals surface area contributed by atoms with E-state index in [0.717, 1.165) is 35.2 Å². The van der Waals surface area contributed by atoms with Gasteiger partial charge in [0, 0.05) is 55.7 Å². The first-order valence-corrected chi connectivity index (χ1v) is 11.5. The molecule has 0 aliphatic heterocycles. The Bertz CT molecular complexity index is 1580. The Balaban J connectivity index is 1.59. The van der Waals surface area contributed by atoms with E-state index >= 15 is 0 Å². The molecular weight excluding hydrogens is 509 g/mol. The molecule has 4 heterocycles. The summed E-state index contributed by atoms with van der Waals surface area (Å²) in [5.41, 5.74) is 1.60. The summed E-state index contributed by atoms with van der Waals surface area (Å²) in [7, 11) is 3.53. The number of halogens is 4. The van der Waals surface area contributed by atoms with Gasteiger partial charge in [0.15, 0.2) is 6.20 Å². The third-order valence-electron chi connectivity index (χ3n) is 6.06. The topological polar surface area (TPSA) is 93.3 Å². The number of alkyl halides is 2. The number of rotatable bonds is 7. The Morgan fingerprint density at radius 1 is 1.03 bits per heavy atom. The molecule has 0 radical (unpaired) electrons. The summed E-state index contributed by atoms with van der Waals surface area (Å²) < 4.78 is 47.5. The van der Waals surface area contributed by atoms with E-state index in [-0.39, 0.29) is 16.3 Å². The van der Waals surface area contributed by atoms with Crippen molar-refractivity contribution in [1.29, 1.82) is 0 Å². The molecule has 190 valence electrons. The summed E-state index contributed by atoms with van der Waals surface area (Å²) in [6, 6.07) is 4.43. The molecule has 0 saturated heterocycles. The summed E-state index contributed by atoms with van der Waals surface area (Å²) >= 11 is 5.85. The Morgan fingerprint density at radius 2 is 1.84 bits per heavy atom. The van der Waals surface area contributed by atoms with Crippen LogP contribution in [0.15, 0.2) is 61.4 Å². The van der Waals surface area contributed by atoms with Gasteiger partial charge in [-0.05, 0) is 17.7 Å². The molecule has 0 unspecified atom stereocenters. The van der Waals surface area contributed by atoms with Gasteiger partial charge in [0.05, 0.1) is 34.9 Å². The number of hydrogen-bond acceptors (Lipinski definition) is 5. The van der Waals surface area contributed by atoms with Crippen LogP contribution in [0.3, 0.4) is 0 Å². The third-order valence-corrected chi connectivity index (χ3v) is 6.35. The van der Waals surface area contributed by atoms with Crippen molar-refractivity contribution in [3.63, 3.8) is 0 Å². The Kier molecular flexibility index (Phi) is 6.42. The van der Waals surface area contributed by atoms with Crippen LogP contribution in [0.5, 0.6) is 0 Å². The number of pyridine rings is 1. The average Bonchev–Trinajstić information content (AvgIpc) is 3.60. The lowest BCUT2D eigenvalue weighted by atomic mass is 9.99. The lowest BCUT2D eigenvalue weighted by molar-refractivity contribution is -0.615. The fraction of sp³-hybridized carbons (Fsp3) is 0.208. The maximum absolute atomic E-state index is 14.8. The Labute approximate surface area is 213 Å². The lowest BCUT2D eigenvalue weighted by Crippen LogP contribution is -2.36. The highest BCUT2D eigenvalue weighted by Crippen LogP contribution is 2.36. The number of aryl methyl sites for hydroxylation is 2. The van der Waals surface area contributed by atoms with E-state index in [0.29, 0.717) is 11.2 Å². The van der Waals surface area contributed by atoms with Crippen LogP contribution in [0.2, 0.25) is 5.02 Å². The summed E-state index contributed by atoms with van der Waals surface area (Å²) in [6.45, 7) is 0. The van der Waals surface area contributed by atoms with Crippen LogP contribution in [0, 0.1) is 11.0 Å². The van der Waals surface area contributed by atoms with Crippen LogP contribution >= 0.6 is 11.6 Å². The van der Waals surface area contributed by atoms with Crippen molar-refractivity contribution in [3.8, 4) is 22.4 Å². The number of nitrogens with zero attached hydrogens (tertiary/aromatic N) is 8. The van der Waals surface area contributed by atoms with Crippen molar-refractivity contribution in [1.82, 2.24) is 34.6 Å². The molecule has 4 aromatic heterocycles. The molecule has 0 bridgehead atoms. The SMILES string of the molecule is Cn1cc(C[C@H](c2ccc(-c3c(C(F)F)ccc(Cl)c3F)c[n+]2[O-])n2cc(-c3cnnn3C)cn2)cn1. The van der Waals surface area contributed by atoms with Gasteiger partial charge in [-0.1, -0.05) is 22.9 Å². The predicted molar refractivity (Wildman–Crippen MR) is 128 cm³/mol. The van der Waals surface area contributed by atoms with E-state index < -0.39 is 29.4 Å². The van der Waals surface area contributed by atoms with E-state index in [1.807, 2.05) is 6.20 Å². The monoisotopic (exact) mass is 528 g/mol. The maximum atomic E-state index is 14.8. The van der Waals surface area contributed by atoms with Crippen LogP contribution in [0.4, 0.5) is 13.2 Å². The molecule has 0 spiro atoms. The molecule has 37 heavy (non-hydrogen) atoms. The molecule has 0 aliphatic carbocycles. The predicted octanol–water partition coefficient (Wildman–Crippen LogP) is 4.27. The van der Waals surface area contributed by atoms with E-state index in [9.17, 15) is 18.4 Å². The first-order valence-electron chi connectivity index (χ1n) is 11.1. The molecule has 1 aromatic carbocycles. The zero-order valence-electron chi connectivity index (χ0n) is 19.6. The van der Waals surface area contributed by atoms with Gasteiger partial charge in [-0.25, -0.2) is 17.9 Å². The van der Waals surface area contributed by atoms with Crippen molar-refractivity contribution >= 4 is 11.6 Å². The van der Waals surface area contributed by atoms with Gasteiger partial charge in [0.1, 0.15) is 11.9 Å². The van der Waals surface area contributed by atoms with E-state index in [2.05, 4.69) is 20.5 Å². The summed E-state index contributed by atoms with van der Waals surface area (Å²) in [4.78, 5) is 0. The highest BCUT2D eigenvalue weighted by molar-refractivity contribution is 6.31. The normalized spacial score (nSPS) is 12.4. The van der Waals surface area contributed by atoms with E-state index in [4.69, 9.17) is 11.6 Å². The molecule has 0 N–H and O–H groups in total. The molecular formula is C24H20ClF3N8O. The minimum Gasteiger partial charge on any atom is -0.618 e. The number of benzene rings is 1. The summed E-state index contributed by atoms with van der Waals surface area (Å²) in [5.74, 6) is -1.01. The highest BCUT2D eigenvalue weighted by atomic mass is 35.5. The van der Waals surface area contributed by atoms with Gasteiger partial charge in [-0.15, -0.1) is 5.10 Å². The quantitative estimate of drug-likeness (QED) is 0.232.